The number of carbonyl (C=O) groups is 1. The number of hydrogen-bond acceptors (Lipinski definition) is 14. The van der Waals surface area contributed by atoms with Crippen LogP contribution >= 0.6 is 0 Å². The van der Waals surface area contributed by atoms with E-state index in [0.29, 0.717) is 181 Å². The molecule has 0 spiro atoms. The number of fused-ring (bicyclic) bond motifs is 1. The molecule has 0 N–H and O–H groups in total. The molecule has 4 rings (SSSR count). The number of nitrogens with zero attached hydrogens (tertiary/aromatic N) is 2. The van der Waals surface area contributed by atoms with Crippen LogP contribution in [0.2, 0.25) is 0 Å². The van der Waals surface area contributed by atoms with Crippen LogP contribution in [-0.2, 0) is 47.4 Å². The van der Waals surface area contributed by atoms with Crippen molar-refractivity contribution >= 4 is 17.2 Å². The fraction of sp³-hybridized carbons (Fsp3) is 0.706. The Morgan fingerprint density at radius 3 is 1.08 bits per heavy atom. The summed E-state index contributed by atoms with van der Waals surface area (Å²) < 4.78 is 56.5. The zero-order chi connectivity index (χ0) is 33.5. The summed E-state index contributed by atoms with van der Waals surface area (Å²) in [5.41, 5.74) is 2.17. The highest BCUT2D eigenvalue weighted by atomic mass is 16.6. The van der Waals surface area contributed by atoms with Gasteiger partial charge in [-0.05, 0) is 12.1 Å². The molecular formula is C34H52N2O12. The Labute approximate surface area is 283 Å². The molecule has 0 atom stereocenters. The SMILES string of the molecule is O=C1C=C(N2CCOCCOCCOCCOCCOCC2)c2cc(=O)cc(N3CCOCCOCCOCCOCCOCC3)cc21. The van der Waals surface area contributed by atoms with Gasteiger partial charge in [0, 0.05) is 60.8 Å². The van der Waals surface area contributed by atoms with Gasteiger partial charge in [-0.2, -0.15) is 0 Å². The number of carbonyl (C=O) groups excluding carboxylic acids is 1. The van der Waals surface area contributed by atoms with Gasteiger partial charge in [0.15, 0.2) is 11.2 Å². The molecule has 0 amide bonds. The summed E-state index contributed by atoms with van der Waals surface area (Å²) in [4.78, 5) is 30.9. The Hall–Kier alpha value is -2.50. The molecule has 2 fully saturated rings. The summed E-state index contributed by atoms with van der Waals surface area (Å²) in [7, 11) is 0. The lowest BCUT2D eigenvalue weighted by Gasteiger charge is -2.26. The molecular weight excluding hydrogens is 628 g/mol. The van der Waals surface area contributed by atoms with Crippen molar-refractivity contribution < 1.29 is 52.2 Å². The molecule has 0 radical (unpaired) electrons. The standard InChI is InChI=1S/C34H52N2O12/c37-30-25-29(35-1-5-39-9-13-43-17-21-47-22-18-44-14-10-40-6-2-35)26-32-31(27-30)33(28-34(32)38)36-3-7-41-11-15-45-19-23-48-24-20-46-16-12-42-8-4-36/h25-28H,1-24H2. The Kier molecular flexibility index (Phi) is 19.0. The van der Waals surface area contributed by atoms with Crippen LogP contribution in [0.5, 0.6) is 0 Å². The number of allylic oxidation sites excluding steroid dienone is 1. The number of ketones is 1. The third kappa shape index (κ3) is 14.5. The van der Waals surface area contributed by atoms with E-state index in [2.05, 4.69) is 0 Å². The lowest BCUT2D eigenvalue weighted by molar-refractivity contribution is -0.0159. The van der Waals surface area contributed by atoms with Gasteiger partial charge in [-0.25, -0.2) is 0 Å². The molecule has 0 saturated carbocycles. The maximum Gasteiger partial charge on any atom is 0.188 e. The average molecular weight is 681 g/mol. The third-order valence-corrected chi connectivity index (χ3v) is 7.67. The molecule has 48 heavy (non-hydrogen) atoms. The van der Waals surface area contributed by atoms with Crippen molar-refractivity contribution in [2.75, 3.05) is 163 Å². The zero-order valence-electron chi connectivity index (χ0n) is 28.1. The smallest absolute Gasteiger partial charge is 0.188 e. The first-order chi connectivity index (χ1) is 23.7. The molecule has 14 heteroatoms. The molecule has 2 heterocycles. The van der Waals surface area contributed by atoms with Gasteiger partial charge in [0.25, 0.3) is 0 Å². The molecule has 0 unspecified atom stereocenters. The Balaban J connectivity index is 1.45. The topological polar surface area (TPSA) is 133 Å². The lowest BCUT2D eigenvalue weighted by Crippen LogP contribution is -2.32. The van der Waals surface area contributed by atoms with Crippen molar-refractivity contribution in [3.8, 4) is 0 Å². The first-order valence-electron chi connectivity index (χ1n) is 17.0. The summed E-state index contributed by atoms with van der Waals surface area (Å²) in [5, 5.41) is 0. The van der Waals surface area contributed by atoms with E-state index in [1.54, 1.807) is 24.3 Å². The van der Waals surface area contributed by atoms with E-state index in [4.69, 9.17) is 47.4 Å². The third-order valence-electron chi connectivity index (χ3n) is 7.67. The largest absolute Gasteiger partial charge is 0.377 e. The molecule has 14 nitrogen and oxygen atoms in total. The Bertz CT molecular complexity index is 1120. The second kappa shape index (κ2) is 23.8. The first-order valence-corrected chi connectivity index (χ1v) is 17.0. The van der Waals surface area contributed by atoms with Crippen molar-refractivity contribution in [1.29, 1.82) is 0 Å². The zero-order valence-corrected chi connectivity index (χ0v) is 28.1. The summed E-state index contributed by atoms with van der Waals surface area (Å²) in [5.74, 6) is -0.158. The van der Waals surface area contributed by atoms with Gasteiger partial charge >= 0.3 is 0 Å². The Morgan fingerprint density at radius 2 is 0.708 bits per heavy atom. The predicted octanol–water partition coefficient (Wildman–Crippen LogP) is 0.886. The van der Waals surface area contributed by atoms with Crippen LogP contribution in [0, 0.1) is 0 Å². The Morgan fingerprint density at radius 1 is 0.375 bits per heavy atom. The maximum atomic E-state index is 13.5. The van der Waals surface area contributed by atoms with E-state index >= 15 is 0 Å². The van der Waals surface area contributed by atoms with Crippen molar-refractivity contribution in [2.45, 2.75) is 0 Å². The van der Waals surface area contributed by atoms with Gasteiger partial charge in [-0.1, -0.05) is 0 Å². The average Bonchev–Trinajstić information content (AvgIpc) is 3.25. The van der Waals surface area contributed by atoms with Gasteiger partial charge in [0.05, 0.1) is 132 Å². The normalized spacial score (nSPS) is 22.4. The maximum absolute atomic E-state index is 13.5. The molecule has 0 aromatic heterocycles. The summed E-state index contributed by atoms with van der Waals surface area (Å²) in [6.45, 7) is 11.1. The molecule has 2 aliphatic heterocycles. The summed E-state index contributed by atoms with van der Waals surface area (Å²) in [6.07, 6.45) is 1.60. The van der Waals surface area contributed by atoms with Gasteiger partial charge in [0.2, 0.25) is 0 Å². The second-order valence-corrected chi connectivity index (χ2v) is 11.1. The monoisotopic (exact) mass is 680 g/mol. The van der Waals surface area contributed by atoms with Gasteiger partial charge in [-0.3, -0.25) is 9.59 Å². The highest BCUT2D eigenvalue weighted by molar-refractivity contribution is 6.16. The van der Waals surface area contributed by atoms with Crippen LogP contribution in [0.1, 0.15) is 15.9 Å². The van der Waals surface area contributed by atoms with E-state index in [0.717, 1.165) is 0 Å². The molecule has 1 aromatic carbocycles. The van der Waals surface area contributed by atoms with E-state index in [9.17, 15) is 9.59 Å². The molecule has 2 saturated heterocycles. The van der Waals surface area contributed by atoms with Gasteiger partial charge in [0.1, 0.15) is 0 Å². The van der Waals surface area contributed by atoms with Crippen LogP contribution in [-0.4, -0.2) is 169 Å². The highest BCUT2D eigenvalue weighted by Crippen LogP contribution is 2.31. The first kappa shape index (κ1) is 38.3. The van der Waals surface area contributed by atoms with E-state index in [1.807, 2.05) is 9.80 Å². The molecule has 1 aromatic rings. The predicted molar refractivity (Wildman–Crippen MR) is 177 cm³/mol. The number of rotatable bonds is 2. The molecule has 0 bridgehead atoms. The minimum absolute atomic E-state index is 0.158. The van der Waals surface area contributed by atoms with Crippen LogP contribution in [0.15, 0.2) is 29.1 Å². The van der Waals surface area contributed by atoms with Crippen molar-refractivity contribution in [3.63, 3.8) is 0 Å². The minimum atomic E-state index is -0.204. The van der Waals surface area contributed by atoms with E-state index < -0.39 is 0 Å². The van der Waals surface area contributed by atoms with Crippen LogP contribution < -0.4 is 10.3 Å². The number of hydrogen-bond donors (Lipinski definition) is 0. The number of anilines is 1. The van der Waals surface area contributed by atoms with Crippen LogP contribution in [0.25, 0.3) is 5.70 Å². The summed E-state index contributed by atoms with van der Waals surface area (Å²) in [6, 6.07) is 4.91. The van der Waals surface area contributed by atoms with Crippen molar-refractivity contribution in [1.82, 2.24) is 4.90 Å². The van der Waals surface area contributed by atoms with Crippen LogP contribution in [0.3, 0.4) is 0 Å². The molecule has 1 aliphatic carbocycles. The second-order valence-electron chi connectivity index (χ2n) is 11.1. The fourth-order valence-corrected chi connectivity index (χ4v) is 5.20. The van der Waals surface area contributed by atoms with E-state index in [-0.39, 0.29) is 11.2 Å². The lowest BCUT2D eigenvalue weighted by atomic mass is 10.1. The fourth-order valence-electron chi connectivity index (χ4n) is 5.20. The number of ether oxygens (including phenoxy) is 10. The van der Waals surface area contributed by atoms with Crippen LogP contribution in [0.4, 0.5) is 5.69 Å². The summed E-state index contributed by atoms with van der Waals surface area (Å²) >= 11 is 0. The minimum Gasteiger partial charge on any atom is -0.377 e. The van der Waals surface area contributed by atoms with Gasteiger partial charge in [-0.15, -0.1) is 0 Å². The van der Waals surface area contributed by atoms with Crippen molar-refractivity contribution in [2.24, 2.45) is 0 Å². The van der Waals surface area contributed by atoms with E-state index in [1.165, 1.54) is 0 Å². The van der Waals surface area contributed by atoms with Crippen molar-refractivity contribution in [3.05, 3.63) is 45.6 Å². The highest BCUT2D eigenvalue weighted by Gasteiger charge is 2.26. The van der Waals surface area contributed by atoms with Gasteiger partial charge < -0.3 is 57.2 Å². The molecule has 270 valence electrons. The molecule has 3 aliphatic rings. The quantitative estimate of drug-likeness (QED) is 0.438.